The molecule has 2 aromatic carbocycles. The molecular formula is C19H14ClN5O. The average molecular weight is 364 g/mol. The van der Waals surface area contributed by atoms with E-state index in [1.165, 1.54) is 12.3 Å². The first kappa shape index (κ1) is 17.4. The number of nitrogens with one attached hydrogen (secondary N) is 2. The Morgan fingerprint density at radius 3 is 2.81 bits per heavy atom. The molecule has 0 aliphatic heterocycles. The van der Waals surface area contributed by atoms with Crippen LogP contribution in [0.25, 0.3) is 0 Å². The first-order valence-corrected chi connectivity index (χ1v) is 8.15. The molecule has 0 bridgehead atoms. The van der Waals surface area contributed by atoms with Crippen LogP contribution in [0.15, 0.2) is 60.8 Å². The lowest BCUT2D eigenvalue weighted by Gasteiger charge is -2.08. The minimum absolute atomic E-state index is 0.228. The Bertz CT molecular complexity index is 983. The monoisotopic (exact) mass is 363 g/mol. The maximum atomic E-state index is 12.3. The first-order valence-electron chi connectivity index (χ1n) is 7.77. The van der Waals surface area contributed by atoms with Gasteiger partial charge in [0.25, 0.3) is 5.91 Å². The molecule has 7 heteroatoms. The van der Waals surface area contributed by atoms with Gasteiger partial charge in [-0.15, -0.1) is 0 Å². The van der Waals surface area contributed by atoms with E-state index < -0.39 is 0 Å². The van der Waals surface area contributed by atoms with Gasteiger partial charge < -0.3 is 10.6 Å². The van der Waals surface area contributed by atoms with Crippen molar-refractivity contribution in [2.24, 2.45) is 0 Å². The van der Waals surface area contributed by atoms with Crippen molar-refractivity contribution < 1.29 is 4.79 Å². The topological polar surface area (TPSA) is 90.7 Å². The summed E-state index contributed by atoms with van der Waals surface area (Å²) in [5.74, 6) is -0.0633. The summed E-state index contributed by atoms with van der Waals surface area (Å²) < 4.78 is 0. The lowest BCUT2D eigenvalue weighted by atomic mass is 10.2. The predicted molar refractivity (Wildman–Crippen MR) is 99.1 cm³/mol. The lowest BCUT2D eigenvalue weighted by Crippen LogP contribution is -2.24. The van der Waals surface area contributed by atoms with E-state index in [4.69, 9.17) is 16.9 Å². The van der Waals surface area contributed by atoms with Gasteiger partial charge in [-0.2, -0.15) is 5.26 Å². The van der Waals surface area contributed by atoms with E-state index in [0.29, 0.717) is 22.8 Å². The number of halogens is 1. The fraction of sp³-hybridized carbons (Fsp3) is 0.0526. The molecule has 0 fully saturated rings. The minimum Gasteiger partial charge on any atom is -0.347 e. The number of rotatable bonds is 5. The van der Waals surface area contributed by atoms with Crippen LogP contribution >= 0.6 is 11.6 Å². The molecule has 6 nitrogen and oxygen atoms in total. The molecule has 128 valence electrons. The largest absolute Gasteiger partial charge is 0.347 e. The summed E-state index contributed by atoms with van der Waals surface area (Å²) in [6, 6.07) is 17.8. The fourth-order valence-corrected chi connectivity index (χ4v) is 2.45. The third-order valence-corrected chi connectivity index (χ3v) is 3.90. The number of anilines is 2. The van der Waals surface area contributed by atoms with Crippen LogP contribution in [0.4, 0.5) is 11.6 Å². The lowest BCUT2D eigenvalue weighted by molar-refractivity contribution is 0.0946. The predicted octanol–water partition coefficient (Wildman–Crippen LogP) is 3.68. The highest BCUT2D eigenvalue weighted by Gasteiger charge is 2.10. The molecule has 3 aromatic rings. The summed E-state index contributed by atoms with van der Waals surface area (Å²) in [4.78, 5) is 20.6. The van der Waals surface area contributed by atoms with E-state index in [1.54, 1.807) is 30.3 Å². The zero-order valence-corrected chi connectivity index (χ0v) is 14.4. The minimum atomic E-state index is -0.332. The molecular weight excluding hydrogens is 350 g/mol. The Morgan fingerprint density at radius 2 is 2.00 bits per heavy atom. The van der Waals surface area contributed by atoms with Gasteiger partial charge in [-0.05, 0) is 35.9 Å². The van der Waals surface area contributed by atoms with Crippen LogP contribution in [-0.2, 0) is 6.54 Å². The van der Waals surface area contributed by atoms with E-state index in [2.05, 4.69) is 26.7 Å². The maximum Gasteiger partial charge on any atom is 0.270 e. The van der Waals surface area contributed by atoms with Crippen molar-refractivity contribution in [3.8, 4) is 6.07 Å². The Balaban J connectivity index is 1.69. The van der Waals surface area contributed by atoms with Crippen molar-refractivity contribution in [1.29, 1.82) is 5.26 Å². The number of benzene rings is 2. The number of carbonyl (C=O) groups excluding carboxylic acids is 1. The normalized spacial score (nSPS) is 10.0. The van der Waals surface area contributed by atoms with Gasteiger partial charge in [-0.1, -0.05) is 35.9 Å². The quantitative estimate of drug-likeness (QED) is 0.721. The molecule has 0 spiro atoms. The zero-order valence-electron chi connectivity index (χ0n) is 13.6. The highest BCUT2D eigenvalue weighted by Crippen LogP contribution is 2.16. The summed E-state index contributed by atoms with van der Waals surface area (Å²) in [7, 11) is 0. The van der Waals surface area contributed by atoms with Crippen molar-refractivity contribution in [1.82, 2.24) is 15.3 Å². The smallest absolute Gasteiger partial charge is 0.270 e. The van der Waals surface area contributed by atoms with Gasteiger partial charge in [-0.3, -0.25) is 4.79 Å². The van der Waals surface area contributed by atoms with E-state index in [1.807, 2.05) is 18.2 Å². The van der Waals surface area contributed by atoms with Gasteiger partial charge in [0, 0.05) is 23.5 Å². The molecule has 0 unspecified atom stereocenters. The zero-order chi connectivity index (χ0) is 18.4. The summed E-state index contributed by atoms with van der Waals surface area (Å²) in [6.45, 7) is 0.301. The number of nitriles is 1. The molecule has 0 aliphatic carbocycles. The molecule has 0 atom stereocenters. The van der Waals surface area contributed by atoms with Gasteiger partial charge in [0.1, 0.15) is 5.69 Å². The van der Waals surface area contributed by atoms with Crippen LogP contribution in [0, 0.1) is 11.3 Å². The molecule has 1 aromatic heterocycles. The molecule has 1 heterocycles. The standard InChI is InChI=1S/C19H14ClN5O/c20-16-7-2-1-5-14(16)12-23-18(26)17-8-9-22-19(25-17)24-15-6-3-4-13(10-15)11-21/h1-10H,12H2,(H,23,26)(H,22,24,25). The third kappa shape index (κ3) is 4.35. The van der Waals surface area contributed by atoms with Crippen molar-refractivity contribution in [3.63, 3.8) is 0 Å². The number of amides is 1. The second-order valence-electron chi connectivity index (χ2n) is 5.36. The Hall–Kier alpha value is -3.43. The highest BCUT2D eigenvalue weighted by molar-refractivity contribution is 6.31. The molecule has 26 heavy (non-hydrogen) atoms. The van der Waals surface area contributed by atoms with Crippen LogP contribution < -0.4 is 10.6 Å². The average Bonchev–Trinajstić information content (AvgIpc) is 2.67. The third-order valence-electron chi connectivity index (χ3n) is 3.53. The van der Waals surface area contributed by atoms with Crippen molar-refractivity contribution in [3.05, 3.63) is 82.6 Å². The number of carbonyl (C=O) groups is 1. The molecule has 0 saturated carbocycles. The summed E-state index contributed by atoms with van der Waals surface area (Å²) in [5.41, 5.74) is 2.23. The first-order chi connectivity index (χ1) is 12.7. The van der Waals surface area contributed by atoms with E-state index >= 15 is 0 Å². The molecule has 1 amide bonds. The Labute approximate surface area is 155 Å². The van der Waals surface area contributed by atoms with Gasteiger partial charge in [-0.25, -0.2) is 9.97 Å². The fourth-order valence-electron chi connectivity index (χ4n) is 2.25. The number of hydrogen-bond donors (Lipinski definition) is 2. The molecule has 0 radical (unpaired) electrons. The number of nitrogens with zero attached hydrogens (tertiary/aromatic N) is 3. The van der Waals surface area contributed by atoms with E-state index in [9.17, 15) is 4.79 Å². The van der Waals surface area contributed by atoms with Crippen LogP contribution in [0.1, 0.15) is 21.6 Å². The van der Waals surface area contributed by atoms with Gasteiger partial charge in [0.05, 0.1) is 11.6 Å². The molecule has 3 rings (SSSR count). The maximum absolute atomic E-state index is 12.3. The van der Waals surface area contributed by atoms with Gasteiger partial charge in [0.2, 0.25) is 5.95 Å². The second-order valence-corrected chi connectivity index (χ2v) is 5.76. The van der Waals surface area contributed by atoms with Gasteiger partial charge >= 0.3 is 0 Å². The van der Waals surface area contributed by atoms with Crippen molar-refractivity contribution >= 4 is 29.1 Å². The van der Waals surface area contributed by atoms with E-state index in [0.717, 1.165) is 5.56 Å². The highest BCUT2D eigenvalue weighted by atomic mass is 35.5. The van der Waals surface area contributed by atoms with Gasteiger partial charge in [0.15, 0.2) is 0 Å². The van der Waals surface area contributed by atoms with Crippen LogP contribution in [0.3, 0.4) is 0 Å². The molecule has 2 N–H and O–H groups in total. The Morgan fingerprint density at radius 1 is 1.15 bits per heavy atom. The van der Waals surface area contributed by atoms with Crippen LogP contribution in [0.5, 0.6) is 0 Å². The summed E-state index contributed by atoms with van der Waals surface area (Å²) >= 11 is 6.08. The van der Waals surface area contributed by atoms with E-state index in [-0.39, 0.29) is 17.5 Å². The SMILES string of the molecule is N#Cc1cccc(Nc2nccc(C(=O)NCc3ccccc3Cl)n2)c1. The summed E-state index contributed by atoms with van der Waals surface area (Å²) in [6.07, 6.45) is 1.49. The number of hydrogen-bond acceptors (Lipinski definition) is 5. The molecule has 0 aliphatic rings. The number of aromatic nitrogens is 2. The second kappa shape index (κ2) is 8.10. The van der Waals surface area contributed by atoms with Crippen LogP contribution in [0.2, 0.25) is 5.02 Å². The Kier molecular flexibility index (Phi) is 5.42. The van der Waals surface area contributed by atoms with Crippen molar-refractivity contribution in [2.45, 2.75) is 6.54 Å². The summed E-state index contributed by atoms with van der Waals surface area (Å²) in [5, 5.41) is 15.3. The van der Waals surface area contributed by atoms with Crippen molar-refractivity contribution in [2.75, 3.05) is 5.32 Å². The van der Waals surface area contributed by atoms with Crippen LogP contribution in [-0.4, -0.2) is 15.9 Å². The molecule has 0 saturated heterocycles.